The number of rotatable bonds is 2. The third-order valence-corrected chi connectivity index (χ3v) is 6.79. The lowest BCUT2D eigenvalue weighted by molar-refractivity contribution is 4.72. The Morgan fingerprint density at radius 3 is 2.40 bits per heavy atom. The average Bonchev–Trinajstić information content (AvgIpc) is 1.41. The van der Waals surface area contributed by atoms with E-state index >= 15 is 0 Å². The van der Waals surface area contributed by atoms with Crippen LogP contribution in [0.1, 0.15) is 0 Å². The molecule has 5 heavy (non-hydrogen) atoms. The van der Waals surface area contributed by atoms with Crippen molar-refractivity contribution in [2.45, 2.75) is 0 Å². The average molecular weight is 236 g/mol. The van der Waals surface area contributed by atoms with Gasteiger partial charge >= 0.3 is 0 Å². The van der Waals surface area contributed by atoms with Crippen molar-refractivity contribution in [1.82, 2.24) is 0 Å². The molecule has 0 aromatic carbocycles. The summed E-state index contributed by atoms with van der Waals surface area (Å²) >= 11 is 2.41. The smallest absolute Gasteiger partial charge is 0.169 e. The largest absolute Gasteiger partial charge is 0.177 e. The highest BCUT2D eigenvalue weighted by Gasteiger charge is 1.72. The summed E-state index contributed by atoms with van der Waals surface area (Å²) in [5, 5.41) is 0. The first-order chi connectivity index (χ1) is 2.41. The summed E-state index contributed by atoms with van der Waals surface area (Å²) in [5.74, 6) is 1.13. The topological polar surface area (TPSA) is 0 Å². The van der Waals surface area contributed by atoms with Crippen molar-refractivity contribution in [3.05, 3.63) is 0 Å². The van der Waals surface area contributed by atoms with Crippen LogP contribution in [0.3, 0.4) is 0 Å². The molecule has 0 aliphatic carbocycles. The van der Waals surface area contributed by atoms with E-state index < -0.39 is 0 Å². The summed E-state index contributed by atoms with van der Waals surface area (Å²) in [6.07, 6.45) is 0. The fourth-order valence-corrected chi connectivity index (χ4v) is 6.99. The fourth-order valence-electron chi connectivity index (χ4n) is 0.0386. The van der Waals surface area contributed by atoms with Crippen LogP contribution in [0.2, 0.25) is 0 Å². The van der Waals surface area contributed by atoms with E-state index in [9.17, 15) is 0 Å². The molecule has 0 aromatic heterocycles. The second-order valence-electron chi connectivity index (χ2n) is 0.475. The molecule has 0 N–H and O–H groups in total. The zero-order valence-corrected chi connectivity index (χ0v) is 7.97. The van der Waals surface area contributed by atoms with Gasteiger partial charge in [-0.25, -0.2) is 0 Å². The first kappa shape index (κ1) is 7.08. The van der Waals surface area contributed by atoms with Crippen LogP contribution in [0.15, 0.2) is 0 Å². The third kappa shape index (κ3) is 6.08. The Hall–Kier alpha value is 2.08. The molecule has 0 saturated heterocycles. The SMILES string of the molecule is PBPPI. The van der Waals surface area contributed by atoms with Crippen LogP contribution in [-0.4, -0.2) is 6.72 Å². The van der Waals surface area contributed by atoms with Gasteiger partial charge in [-0.1, -0.05) is 22.0 Å². The van der Waals surface area contributed by atoms with Gasteiger partial charge in [0.15, 0.2) is 6.72 Å². The third-order valence-electron chi connectivity index (χ3n) is 0.169. The van der Waals surface area contributed by atoms with Crippen LogP contribution in [0, 0.1) is 0 Å². The van der Waals surface area contributed by atoms with Crippen LogP contribution >= 0.6 is 45.2 Å². The molecule has 0 spiro atoms. The Morgan fingerprint density at radius 2 is 2.40 bits per heavy atom. The van der Waals surface area contributed by atoms with E-state index in [0.717, 1.165) is 5.91 Å². The molecule has 0 rings (SSSR count). The van der Waals surface area contributed by atoms with Crippen molar-refractivity contribution >= 4 is 51.9 Å². The summed E-state index contributed by atoms with van der Waals surface area (Å²) in [6, 6.07) is 0. The van der Waals surface area contributed by atoms with Gasteiger partial charge in [0.05, 0.1) is 0 Å². The molecule has 0 aliphatic heterocycles. The van der Waals surface area contributed by atoms with Crippen molar-refractivity contribution in [3.63, 3.8) is 0 Å². The normalized spacial score (nSPS) is 12.4. The molecule has 0 fully saturated rings. The zero-order chi connectivity index (χ0) is 4.12. The van der Waals surface area contributed by atoms with Gasteiger partial charge < -0.3 is 0 Å². The number of hydrogen-bond donors (Lipinski definition) is 0. The van der Waals surface area contributed by atoms with Crippen LogP contribution in [0.5, 0.6) is 0 Å². The predicted octanol–water partition coefficient (Wildman–Crippen LogP) is 1.75. The van der Waals surface area contributed by atoms with E-state index in [2.05, 4.69) is 31.2 Å². The minimum Gasteiger partial charge on any atom is -0.169 e. The molecular weight excluding hydrogens is 231 g/mol. The molecule has 3 atom stereocenters. The number of halogens is 1. The van der Waals surface area contributed by atoms with Gasteiger partial charge in [0.1, 0.15) is 0 Å². The molecule has 0 aromatic rings. The summed E-state index contributed by atoms with van der Waals surface area (Å²) < 4.78 is 0. The first-order valence-corrected chi connectivity index (χ1v) is 8.34. The minimum atomic E-state index is 1.13. The molecule has 0 radical (unpaired) electrons. The lowest BCUT2D eigenvalue weighted by Crippen LogP contribution is -1.40. The van der Waals surface area contributed by atoms with E-state index in [-0.39, 0.29) is 0 Å². The van der Waals surface area contributed by atoms with Crippen LogP contribution in [0.25, 0.3) is 0 Å². The lowest BCUT2D eigenvalue weighted by atomic mass is 10.7. The van der Waals surface area contributed by atoms with Crippen molar-refractivity contribution in [3.8, 4) is 0 Å². The summed E-state index contributed by atoms with van der Waals surface area (Å²) in [6.45, 7) is 1.29. The Morgan fingerprint density at radius 1 is 1.80 bits per heavy atom. The van der Waals surface area contributed by atoms with Crippen LogP contribution < -0.4 is 0 Å². The maximum atomic E-state index is 2.71. The standard InChI is InChI=1S/BH5IP3/c2-5-4-1-3/h1,4-5H,3H2. The highest BCUT2D eigenvalue weighted by Crippen LogP contribution is 2.42. The zero-order valence-electron chi connectivity index (χ0n) is 2.66. The van der Waals surface area contributed by atoms with E-state index in [0.29, 0.717) is 0 Å². The second kappa shape index (κ2) is 6.08. The Labute approximate surface area is 51.9 Å². The summed E-state index contributed by atoms with van der Waals surface area (Å²) in [4.78, 5) is 0. The van der Waals surface area contributed by atoms with Gasteiger partial charge in [0.25, 0.3) is 0 Å². The summed E-state index contributed by atoms with van der Waals surface area (Å²) in [7, 11) is 3.89. The van der Waals surface area contributed by atoms with E-state index in [1.54, 1.807) is 0 Å². The Balaban J connectivity index is 2.19. The molecule has 0 saturated carbocycles. The van der Waals surface area contributed by atoms with E-state index in [1.807, 2.05) is 0 Å². The molecule has 0 amide bonds. The molecule has 0 nitrogen and oxygen atoms in total. The highest BCUT2D eigenvalue weighted by atomic mass is 127. The second-order valence-corrected chi connectivity index (χ2v) is 9.13. The molecule has 30 valence electrons. The molecular formula is H5BIP3. The van der Waals surface area contributed by atoms with Gasteiger partial charge in [-0.2, -0.15) is 9.12 Å². The van der Waals surface area contributed by atoms with Crippen LogP contribution in [0.4, 0.5) is 0 Å². The minimum absolute atomic E-state index is 1.13. The van der Waals surface area contributed by atoms with E-state index in [4.69, 9.17) is 0 Å². The lowest BCUT2D eigenvalue weighted by Gasteiger charge is -1.76. The van der Waals surface area contributed by atoms with Gasteiger partial charge in [-0.05, 0) is 5.91 Å². The Kier molecular flexibility index (Phi) is 8.62. The maximum absolute atomic E-state index is 2.71. The molecule has 0 bridgehead atoms. The van der Waals surface area contributed by atoms with Gasteiger partial charge in [-0.3, -0.25) is 0 Å². The monoisotopic (exact) mass is 236 g/mol. The van der Waals surface area contributed by atoms with Gasteiger partial charge in [-0.15, -0.1) is 8.15 Å². The number of hydrogen-bond acceptors (Lipinski definition) is 0. The Bertz CT molecular complexity index is 14.4. The highest BCUT2D eigenvalue weighted by molar-refractivity contribution is 14.2. The van der Waals surface area contributed by atoms with Crippen molar-refractivity contribution in [1.29, 1.82) is 0 Å². The molecule has 5 heteroatoms. The van der Waals surface area contributed by atoms with Crippen molar-refractivity contribution < 1.29 is 0 Å². The quantitative estimate of drug-likeness (QED) is 0.389. The summed E-state index contributed by atoms with van der Waals surface area (Å²) in [5.41, 5.74) is 0. The molecule has 0 heterocycles. The van der Waals surface area contributed by atoms with Gasteiger partial charge in [0, 0.05) is 0 Å². The first-order valence-electron chi connectivity index (χ1n) is 1.20. The molecule has 0 aliphatic rings. The van der Waals surface area contributed by atoms with Crippen molar-refractivity contribution in [2.75, 3.05) is 0 Å². The fraction of sp³-hybridized carbons (Fsp3) is 0. The van der Waals surface area contributed by atoms with Crippen molar-refractivity contribution in [2.24, 2.45) is 0 Å². The maximum Gasteiger partial charge on any atom is 0.177 e. The van der Waals surface area contributed by atoms with Crippen LogP contribution in [-0.2, 0) is 0 Å². The van der Waals surface area contributed by atoms with Gasteiger partial charge in [0.2, 0.25) is 0 Å². The predicted molar refractivity (Wildman–Crippen MR) is 47.5 cm³/mol. The van der Waals surface area contributed by atoms with E-state index in [1.165, 1.54) is 14.9 Å². The molecule has 3 unspecified atom stereocenters.